The second-order valence-electron chi connectivity index (χ2n) is 6.11. The van der Waals surface area contributed by atoms with E-state index in [2.05, 4.69) is 14.6 Å². The largest absolute Gasteiger partial charge is 0.470 e. The second-order valence-corrected chi connectivity index (χ2v) is 6.11. The van der Waals surface area contributed by atoms with Crippen LogP contribution in [0.15, 0.2) is 28.7 Å². The Morgan fingerprint density at radius 2 is 1.85 bits per heavy atom. The van der Waals surface area contributed by atoms with E-state index < -0.39 is 35.6 Å². The number of aromatic nitrogens is 2. The van der Waals surface area contributed by atoms with Crippen LogP contribution in [0.1, 0.15) is 46.5 Å². The molecule has 0 radical (unpaired) electrons. The minimum absolute atomic E-state index is 0.0193. The van der Waals surface area contributed by atoms with Crippen LogP contribution in [0.4, 0.5) is 26.3 Å². The Hall–Kier alpha value is -2.59. The van der Waals surface area contributed by atoms with E-state index in [1.54, 1.807) is 0 Å². The summed E-state index contributed by atoms with van der Waals surface area (Å²) in [7, 11) is 0. The number of alkyl halides is 6. The van der Waals surface area contributed by atoms with Crippen molar-refractivity contribution in [3.8, 4) is 0 Å². The third-order valence-corrected chi connectivity index (χ3v) is 4.18. The molecule has 0 N–H and O–H groups in total. The lowest BCUT2D eigenvalue weighted by Crippen LogP contribution is -2.39. The van der Waals surface area contributed by atoms with Crippen molar-refractivity contribution in [1.29, 1.82) is 0 Å². The molecular formula is C16H13F6N3O2. The first-order valence-electron chi connectivity index (χ1n) is 7.93. The van der Waals surface area contributed by atoms with Gasteiger partial charge in [0, 0.05) is 18.7 Å². The van der Waals surface area contributed by atoms with Crippen LogP contribution in [0.5, 0.6) is 0 Å². The molecule has 3 rings (SSSR count). The zero-order valence-corrected chi connectivity index (χ0v) is 13.6. The third kappa shape index (κ3) is 4.22. The molecule has 11 heteroatoms. The number of carbonyl (C=O) groups excluding carboxylic acids is 1. The van der Waals surface area contributed by atoms with Gasteiger partial charge < -0.3 is 9.32 Å². The number of hydrogen-bond acceptors (Lipinski definition) is 4. The Bertz CT molecular complexity index is 830. The topological polar surface area (TPSA) is 59.2 Å². The van der Waals surface area contributed by atoms with Gasteiger partial charge in [0.25, 0.3) is 5.91 Å². The number of piperidine rings is 1. The Labute approximate surface area is 149 Å². The quantitative estimate of drug-likeness (QED) is 0.720. The van der Waals surface area contributed by atoms with Gasteiger partial charge in [-0.2, -0.15) is 26.3 Å². The smallest absolute Gasteiger partial charge is 0.417 e. The highest BCUT2D eigenvalue weighted by Gasteiger charge is 2.39. The van der Waals surface area contributed by atoms with Gasteiger partial charge in [-0.15, -0.1) is 10.2 Å². The van der Waals surface area contributed by atoms with Gasteiger partial charge in [0.05, 0.1) is 11.5 Å². The number of amides is 1. The molecule has 5 nitrogen and oxygen atoms in total. The van der Waals surface area contributed by atoms with Gasteiger partial charge in [0.2, 0.25) is 5.89 Å². The van der Waals surface area contributed by atoms with Crippen LogP contribution in [0.25, 0.3) is 0 Å². The lowest BCUT2D eigenvalue weighted by molar-refractivity contribution is -0.157. The minimum atomic E-state index is -4.77. The highest BCUT2D eigenvalue weighted by Crippen LogP contribution is 2.33. The summed E-state index contributed by atoms with van der Waals surface area (Å²) in [5.41, 5.74) is -1.10. The molecule has 0 spiro atoms. The lowest BCUT2D eigenvalue weighted by Gasteiger charge is -2.31. The fourth-order valence-electron chi connectivity index (χ4n) is 2.89. The highest BCUT2D eigenvalue weighted by atomic mass is 19.4. The van der Waals surface area contributed by atoms with Crippen molar-refractivity contribution in [2.75, 3.05) is 13.1 Å². The molecule has 0 bridgehead atoms. The molecular weight excluding hydrogens is 380 g/mol. The van der Waals surface area contributed by atoms with Gasteiger partial charge in [-0.05, 0) is 31.0 Å². The lowest BCUT2D eigenvalue weighted by atomic mass is 9.97. The van der Waals surface area contributed by atoms with E-state index in [4.69, 9.17) is 0 Å². The molecule has 1 fully saturated rings. The zero-order valence-electron chi connectivity index (χ0n) is 13.6. The molecule has 0 aliphatic carbocycles. The van der Waals surface area contributed by atoms with E-state index in [9.17, 15) is 31.1 Å². The summed E-state index contributed by atoms with van der Waals surface area (Å²) in [6.45, 7) is 0.250. The molecule has 1 aliphatic heterocycles. The molecule has 1 saturated heterocycles. The van der Waals surface area contributed by atoms with Crippen LogP contribution in [-0.2, 0) is 12.4 Å². The predicted octanol–water partition coefficient (Wildman–Crippen LogP) is 4.13. The molecule has 1 amide bonds. The molecule has 1 atom stereocenters. The van der Waals surface area contributed by atoms with Gasteiger partial charge in [0.1, 0.15) is 0 Å². The SMILES string of the molecule is O=C(c1cccc(C(F)(F)F)c1)N1CCCC(c2nnc(C(F)(F)F)o2)C1. The number of nitrogens with zero attached hydrogens (tertiary/aromatic N) is 3. The standard InChI is InChI=1S/C16H13F6N3O2/c17-15(18,19)11-5-1-3-9(7-11)13(26)25-6-2-4-10(8-25)12-23-24-14(27-12)16(20,21)22/h1,3,5,7,10H,2,4,6,8H2. The summed E-state index contributed by atoms with van der Waals surface area (Å²) in [5.74, 6) is -2.97. The van der Waals surface area contributed by atoms with Crippen LogP contribution in [0, 0.1) is 0 Å². The Balaban J connectivity index is 1.76. The van der Waals surface area contributed by atoms with Gasteiger partial charge in [-0.1, -0.05) is 6.07 Å². The van der Waals surface area contributed by atoms with E-state index in [1.807, 2.05) is 0 Å². The summed E-state index contributed by atoms with van der Waals surface area (Å²) >= 11 is 0. The van der Waals surface area contributed by atoms with Gasteiger partial charge in [-0.25, -0.2) is 0 Å². The first-order chi connectivity index (χ1) is 12.6. The molecule has 1 aromatic carbocycles. The van der Waals surface area contributed by atoms with Crippen LogP contribution >= 0.6 is 0 Å². The molecule has 27 heavy (non-hydrogen) atoms. The number of rotatable bonds is 2. The number of likely N-dealkylation sites (tertiary alicyclic amines) is 1. The molecule has 1 aromatic heterocycles. The van der Waals surface area contributed by atoms with Crippen molar-refractivity contribution in [2.24, 2.45) is 0 Å². The van der Waals surface area contributed by atoms with E-state index in [-0.39, 0.29) is 24.5 Å². The van der Waals surface area contributed by atoms with Crippen molar-refractivity contribution >= 4 is 5.91 Å². The Morgan fingerprint density at radius 3 is 2.48 bits per heavy atom. The van der Waals surface area contributed by atoms with Crippen LogP contribution in [-0.4, -0.2) is 34.1 Å². The summed E-state index contributed by atoms with van der Waals surface area (Å²) in [4.78, 5) is 13.8. The van der Waals surface area contributed by atoms with E-state index in [1.165, 1.54) is 11.0 Å². The van der Waals surface area contributed by atoms with Crippen LogP contribution < -0.4 is 0 Å². The maximum absolute atomic E-state index is 12.8. The Kier molecular flexibility index (Phi) is 4.87. The highest BCUT2D eigenvalue weighted by molar-refractivity contribution is 5.94. The van der Waals surface area contributed by atoms with Gasteiger partial charge in [0.15, 0.2) is 0 Å². The van der Waals surface area contributed by atoms with Crippen molar-refractivity contribution in [3.63, 3.8) is 0 Å². The second kappa shape index (κ2) is 6.86. The summed E-state index contributed by atoms with van der Waals surface area (Å²) in [6.07, 6.45) is -8.49. The van der Waals surface area contributed by atoms with Crippen LogP contribution in [0.2, 0.25) is 0 Å². The van der Waals surface area contributed by atoms with Gasteiger partial charge >= 0.3 is 18.2 Å². The van der Waals surface area contributed by atoms with Crippen molar-refractivity contribution in [1.82, 2.24) is 15.1 Å². The third-order valence-electron chi connectivity index (χ3n) is 4.18. The summed E-state index contributed by atoms with van der Waals surface area (Å²) in [5, 5.41) is 6.36. The first-order valence-corrected chi connectivity index (χ1v) is 7.93. The van der Waals surface area contributed by atoms with Crippen LogP contribution in [0.3, 0.4) is 0 Å². The maximum atomic E-state index is 12.8. The average molecular weight is 393 g/mol. The predicted molar refractivity (Wildman–Crippen MR) is 78.6 cm³/mol. The fraction of sp³-hybridized carbons (Fsp3) is 0.438. The molecule has 0 saturated carbocycles. The molecule has 1 aliphatic rings. The van der Waals surface area contributed by atoms with Crippen molar-refractivity contribution in [2.45, 2.75) is 31.1 Å². The molecule has 146 valence electrons. The van der Waals surface area contributed by atoms with Crippen molar-refractivity contribution in [3.05, 3.63) is 47.2 Å². The molecule has 2 aromatic rings. The van der Waals surface area contributed by atoms with E-state index in [0.717, 1.165) is 18.2 Å². The van der Waals surface area contributed by atoms with E-state index in [0.29, 0.717) is 12.8 Å². The molecule has 2 heterocycles. The van der Waals surface area contributed by atoms with E-state index >= 15 is 0 Å². The van der Waals surface area contributed by atoms with Gasteiger partial charge in [-0.3, -0.25) is 4.79 Å². The maximum Gasteiger partial charge on any atom is 0.470 e. The number of carbonyl (C=O) groups is 1. The zero-order chi connectivity index (χ0) is 19.8. The number of halogens is 6. The molecule has 1 unspecified atom stereocenters. The number of benzene rings is 1. The monoisotopic (exact) mass is 393 g/mol. The first kappa shape index (κ1) is 19.2. The average Bonchev–Trinajstić information content (AvgIpc) is 3.11. The van der Waals surface area contributed by atoms with Crippen molar-refractivity contribution < 1.29 is 35.6 Å². The summed E-state index contributed by atoms with van der Waals surface area (Å²) in [6, 6.07) is 3.99. The minimum Gasteiger partial charge on any atom is -0.417 e. The fourth-order valence-corrected chi connectivity index (χ4v) is 2.89. The normalized spacial score (nSPS) is 18.6. The Morgan fingerprint density at radius 1 is 1.11 bits per heavy atom. The number of hydrogen-bond donors (Lipinski definition) is 0. The summed E-state index contributed by atoms with van der Waals surface area (Å²) < 4.78 is 80.8.